The molecule has 0 aliphatic heterocycles. The lowest BCUT2D eigenvalue weighted by Gasteiger charge is -1.93. The summed E-state index contributed by atoms with van der Waals surface area (Å²) in [5, 5.41) is 9.04. The average Bonchev–Trinajstić information content (AvgIpc) is 2.15. The van der Waals surface area contributed by atoms with Gasteiger partial charge in [0.05, 0.1) is 0 Å². The molecule has 0 aliphatic rings. The van der Waals surface area contributed by atoms with E-state index in [-0.39, 0.29) is 0 Å². The van der Waals surface area contributed by atoms with Crippen molar-refractivity contribution in [3.8, 4) is 5.75 Å². The van der Waals surface area contributed by atoms with Crippen LogP contribution in [0.25, 0.3) is 6.08 Å². The topological polar surface area (TPSA) is 20.2 Å². The monoisotopic (exact) mass is 176 g/mol. The van der Waals surface area contributed by atoms with E-state index in [1.54, 1.807) is 12.1 Å². The zero-order chi connectivity index (χ0) is 9.52. The van der Waals surface area contributed by atoms with Gasteiger partial charge in [0.1, 0.15) is 5.75 Å². The van der Waals surface area contributed by atoms with Crippen LogP contribution >= 0.6 is 0 Å². The van der Waals surface area contributed by atoms with E-state index in [2.05, 4.69) is 19.1 Å². The number of allylic oxidation sites excluding steroid dienone is 1. The van der Waals surface area contributed by atoms with E-state index in [0.717, 1.165) is 12.0 Å². The Kier molecular flexibility index (Phi) is 4.10. The highest BCUT2D eigenvalue weighted by Gasteiger charge is 1.86. The van der Waals surface area contributed by atoms with E-state index in [0.29, 0.717) is 5.75 Å². The Labute approximate surface area is 79.7 Å². The molecule has 0 amide bonds. The highest BCUT2D eigenvalue weighted by atomic mass is 16.3. The highest BCUT2D eigenvalue weighted by Crippen LogP contribution is 2.11. The predicted octanol–water partition coefficient (Wildman–Crippen LogP) is 3.60. The second-order valence-corrected chi connectivity index (χ2v) is 3.14. The van der Waals surface area contributed by atoms with Gasteiger partial charge >= 0.3 is 0 Å². The Morgan fingerprint density at radius 3 is 2.54 bits per heavy atom. The summed E-state index contributed by atoms with van der Waals surface area (Å²) in [4.78, 5) is 0. The molecule has 0 saturated heterocycles. The van der Waals surface area contributed by atoms with Gasteiger partial charge in [-0.25, -0.2) is 0 Å². The maximum Gasteiger partial charge on any atom is 0.115 e. The van der Waals surface area contributed by atoms with Gasteiger partial charge in [-0.3, -0.25) is 0 Å². The van der Waals surface area contributed by atoms with Gasteiger partial charge in [-0.2, -0.15) is 0 Å². The quantitative estimate of drug-likeness (QED) is 0.695. The summed E-state index contributed by atoms with van der Waals surface area (Å²) < 4.78 is 0. The number of phenolic OH excluding ortho intramolecular Hbond substituents is 1. The maximum atomic E-state index is 9.04. The van der Waals surface area contributed by atoms with Gasteiger partial charge in [0, 0.05) is 0 Å². The van der Waals surface area contributed by atoms with Crippen molar-refractivity contribution >= 4 is 6.08 Å². The maximum absolute atomic E-state index is 9.04. The Hall–Kier alpha value is -1.24. The number of hydrogen-bond acceptors (Lipinski definition) is 1. The fraction of sp³-hybridized carbons (Fsp3) is 0.333. The molecule has 0 radical (unpaired) electrons. The Bertz CT molecular complexity index is 259. The zero-order valence-electron chi connectivity index (χ0n) is 8.03. The number of rotatable bonds is 4. The largest absolute Gasteiger partial charge is 0.508 e. The summed E-state index contributed by atoms with van der Waals surface area (Å²) in [6, 6.07) is 7.24. The van der Waals surface area contributed by atoms with Crippen LogP contribution in [0, 0.1) is 0 Å². The van der Waals surface area contributed by atoms with E-state index >= 15 is 0 Å². The minimum atomic E-state index is 0.325. The Morgan fingerprint density at radius 2 is 1.92 bits per heavy atom. The van der Waals surface area contributed by atoms with Crippen molar-refractivity contribution in [2.24, 2.45) is 0 Å². The third-order valence-corrected chi connectivity index (χ3v) is 1.93. The van der Waals surface area contributed by atoms with Crippen LogP contribution in [0.1, 0.15) is 31.7 Å². The molecule has 0 bridgehead atoms. The molecule has 0 aromatic heterocycles. The predicted molar refractivity (Wildman–Crippen MR) is 56.7 cm³/mol. The molecule has 0 heterocycles. The first-order valence-corrected chi connectivity index (χ1v) is 4.78. The van der Waals surface area contributed by atoms with Crippen molar-refractivity contribution in [2.75, 3.05) is 0 Å². The molecule has 0 fully saturated rings. The van der Waals surface area contributed by atoms with Crippen LogP contribution in [0.5, 0.6) is 5.75 Å². The van der Waals surface area contributed by atoms with Gasteiger partial charge in [-0.15, -0.1) is 0 Å². The number of hydrogen-bond donors (Lipinski definition) is 1. The first kappa shape index (κ1) is 9.85. The summed E-state index contributed by atoms with van der Waals surface area (Å²) in [5.74, 6) is 0.325. The van der Waals surface area contributed by atoms with E-state index < -0.39 is 0 Å². The SMILES string of the molecule is CCCC/C=C/c1ccc(O)cc1. The normalized spacial score (nSPS) is 10.8. The summed E-state index contributed by atoms with van der Waals surface area (Å²) in [5.41, 5.74) is 1.15. The molecule has 0 spiro atoms. The summed E-state index contributed by atoms with van der Waals surface area (Å²) in [6.07, 6.45) is 7.89. The molecule has 70 valence electrons. The third kappa shape index (κ3) is 3.79. The van der Waals surface area contributed by atoms with Gasteiger partial charge in [-0.1, -0.05) is 44.1 Å². The van der Waals surface area contributed by atoms with Crippen molar-refractivity contribution in [1.82, 2.24) is 0 Å². The van der Waals surface area contributed by atoms with Crippen LogP contribution < -0.4 is 0 Å². The summed E-state index contributed by atoms with van der Waals surface area (Å²) in [6.45, 7) is 2.19. The Balaban J connectivity index is 2.44. The lowest BCUT2D eigenvalue weighted by Crippen LogP contribution is -1.71. The van der Waals surface area contributed by atoms with Crippen LogP contribution in [0.15, 0.2) is 30.3 Å². The first-order valence-electron chi connectivity index (χ1n) is 4.78. The lowest BCUT2D eigenvalue weighted by atomic mass is 10.1. The highest BCUT2D eigenvalue weighted by molar-refractivity contribution is 5.50. The van der Waals surface area contributed by atoms with Gasteiger partial charge in [0.2, 0.25) is 0 Å². The molecule has 1 heteroatoms. The minimum absolute atomic E-state index is 0.325. The molecule has 1 nitrogen and oxygen atoms in total. The first-order chi connectivity index (χ1) is 6.33. The fourth-order valence-corrected chi connectivity index (χ4v) is 1.13. The molecule has 13 heavy (non-hydrogen) atoms. The van der Waals surface area contributed by atoms with Crippen molar-refractivity contribution in [3.63, 3.8) is 0 Å². The molecule has 0 atom stereocenters. The Morgan fingerprint density at radius 1 is 1.23 bits per heavy atom. The van der Waals surface area contributed by atoms with Gasteiger partial charge in [0.25, 0.3) is 0 Å². The molecule has 1 rings (SSSR count). The van der Waals surface area contributed by atoms with Crippen molar-refractivity contribution in [2.45, 2.75) is 26.2 Å². The van der Waals surface area contributed by atoms with Crippen molar-refractivity contribution < 1.29 is 5.11 Å². The number of unbranched alkanes of at least 4 members (excludes halogenated alkanes) is 2. The van der Waals surface area contributed by atoms with E-state index in [1.165, 1.54) is 12.8 Å². The number of aromatic hydroxyl groups is 1. The number of phenols is 1. The summed E-state index contributed by atoms with van der Waals surface area (Å²) in [7, 11) is 0. The minimum Gasteiger partial charge on any atom is -0.508 e. The van der Waals surface area contributed by atoms with Crippen molar-refractivity contribution in [3.05, 3.63) is 35.9 Å². The average molecular weight is 176 g/mol. The van der Waals surface area contributed by atoms with Crippen LogP contribution in [0.3, 0.4) is 0 Å². The standard InChI is InChI=1S/C12H16O/c1-2-3-4-5-6-11-7-9-12(13)10-8-11/h5-10,13H,2-4H2,1H3/b6-5+. The van der Waals surface area contributed by atoms with Gasteiger partial charge in [0.15, 0.2) is 0 Å². The lowest BCUT2D eigenvalue weighted by molar-refractivity contribution is 0.475. The third-order valence-electron chi connectivity index (χ3n) is 1.93. The van der Waals surface area contributed by atoms with Crippen LogP contribution in [0.4, 0.5) is 0 Å². The fourth-order valence-electron chi connectivity index (χ4n) is 1.13. The summed E-state index contributed by atoms with van der Waals surface area (Å²) >= 11 is 0. The van der Waals surface area contributed by atoms with Gasteiger partial charge in [-0.05, 0) is 24.1 Å². The second-order valence-electron chi connectivity index (χ2n) is 3.14. The molecule has 1 aromatic carbocycles. The zero-order valence-corrected chi connectivity index (χ0v) is 8.03. The van der Waals surface area contributed by atoms with Crippen LogP contribution in [-0.4, -0.2) is 5.11 Å². The van der Waals surface area contributed by atoms with Crippen LogP contribution in [-0.2, 0) is 0 Å². The second kappa shape index (κ2) is 5.41. The molecule has 1 N–H and O–H groups in total. The molecule has 0 unspecified atom stereocenters. The molecular formula is C12H16O. The molecule has 1 aromatic rings. The van der Waals surface area contributed by atoms with Gasteiger partial charge < -0.3 is 5.11 Å². The molecular weight excluding hydrogens is 160 g/mol. The van der Waals surface area contributed by atoms with Crippen LogP contribution in [0.2, 0.25) is 0 Å². The van der Waals surface area contributed by atoms with E-state index in [1.807, 2.05) is 12.1 Å². The van der Waals surface area contributed by atoms with Crippen molar-refractivity contribution in [1.29, 1.82) is 0 Å². The molecule has 0 saturated carbocycles. The smallest absolute Gasteiger partial charge is 0.115 e. The van der Waals surface area contributed by atoms with E-state index in [4.69, 9.17) is 5.11 Å². The number of benzene rings is 1. The van der Waals surface area contributed by atoms with E-state index in [9.17, 15) is 0 Å². The molecule has 0 aliphatic carbocycles.